The first kappa shape index (κ1) is 25.3. The Hall–Kier alpha value is -3.37. The Labute approximate surface area is 213 Å². The lowest BCUT2D eigenvalue weighted by molar-refractivity contribution is -0.137. The number of pyridine rings is 1. The van der Waals surface area contributed by atoms with Crippen molar-refractivity contribution in [2.24, 2.45) is 0 Å². The second-order valence-electron chi connectivity index (χ2n) is 9.32. The van der Waals surface area contributed by atoms with Gasteiger partial charge in [-0.25, -0.2) is 13.4 Å². The lowest BCUT2D eigenvalue weighted by Gasteiger charge is -2.32. The molecule has 10 heteroatoms. The van der Waals surface area contributed by atoms with Gasteiger partial charge in [0.25, 0.3) is 0 Å². The molecule has 1 aliphatic rings. The fraction of sp³-hybridized carbons (Fsp3) is 0.296. The Morgan fingerprint density at radius 3 is 2.35 bits per heavy atom. The van der Waals surface area contributed by atoms with Crippen LogP contribution in [0, 0.1) is 0 Å². The number of rotatable bonds is 6. The molecule has 4 aromatic rings. The maximum Gasteiger partial charge on any atom is 0.416 e. The largest absolute Gasteiger partial charge is 0.489 e. The molecule has 37 heavy (non-hydrogen) atoms. The number of nitrogens with zero attached hydrogens (tertiary/aromatic N) is 3. The van der Waals surface area contributed by atoms with Gasteiger partial charge in [0, 0.05) is 37.5 Å². The second-order valence-corrected chi connectivity index (χ2v) is 11.3. The lowest BCUT2D eigenvalue weighted by Crippen LogP contribution is -2.37. The van der Waals surface area contributed by atoms with Crippen LogP contribution in [-0.2, 0) is 22.6 Å². The minimum atomic E-state index is -4.32. The summed E-state index contributed by atoms with van der Waals surface area (Å²) < 4.78 is 69.9. The van der Waals surface area contributed by atoms with Gasteiger partial charge in [0.2, 0.25) is 0 Å². The number of piperidine rings is 1. The van der Waals surface area contributed by atoms with Gasteiger partial charge in [0.1, 0.15) is 17.7 Å². The molecule has 0 atom stereocenters. The minimum absolute atomic E-state index is 0.0401. The molecule has 3 heterocycles. The molecule has 6 nitrogen and oxygen atoms in total. The second kappa shape index (κ2) is 9.83. The number of fused-ring (bicyclic) bond motifs is 1. The van der Waals surface area contributed by atoms with E-state index in [1.165, 1.54) is 18.4 Å². The smallest absolute Gasteiger partial charge is 0.416 e. The third-order valence-electron chi connectivity index (χ3n) is 6.58. The van der Waals surface area contributed by atoms with Crippen molar-refractivity contribution >= 4 is 20.7 Å². The number of sulfone groups is 1. The molecule has 0 bridgehead atoms. The molecule has 0 aliphatic carbocycles. The highest BCUT2D eigenvalue weighted by Crippen LogP contribution is 2.30. The van der Waals surface area contributed by atoms with E-state index in [1.54, 1.807) is 24.4 Å². The van der Waals surface area contributed by atoms with Crippen molar-refractivity contribution in [2.45, 2.75) is 36.6 Å². The first-order valence-electron chi connectivity index (χ1n) is 11.9. The van der Waals surface area contributed by atoms with Gasteiger partial charge in [0.15, 0.2) is 9.84 Å². The van der Waals surface area contributed by atoms with Crippen molar-refractivity contribution in [2.75, 3.05) is 19.3 Å². The highest BCUT2D eigenvalue weighted by molar-refractivity contribution is 7.90. The van der Waals surface area contributed by atoms with Crippen LogP contribution in [0.2, 0.25) is 0 Å². The molecule has 1 saturated heterocycles. The van der Waals surface area contributed by atoms with Crippen molar-refractivity contribution in [1.29, 1.82) is 0 Å². The number of aromatic nitrogens is 2. The van der Waals surface area contributed by atoms with Crippen LogP contribution in [0.3, 0.4) is 0 Å². The van der Waals surface area contributed by atoms with Gasteiger partial charge in [0.05, 0.1) is 22.2 Å². The van der Waals surface area contributed by atoms with Gasteiger partial charge in [-0.15, -0.1) is 0 Å². The van der Waals surface area contributed by atoms with Crippen LogP contribution in [0.5, 0.6) is 5.75 Å². The zero-order chi connectivity index (χ0) is 26.2. The first-order valence-corrected chi connectivity index (χ1v) is 13.8. The topological polar surface area (TPSA) is 64.4 Å². The summed E-state index contributed by atoms with van der Waals surface area (Å²) in [6, 6.07) is 15.9. The van der Waals surface area contributed by atoms with E-state index in [0.29, 0.717) is 18.1 Å². The normalized spacial score (nSPS) is 15.8. The van der Waals surface area contributed by atoms with Gasteiger partial charge in [-0.05, 0) is 66.9 Å². The molecule has 2 aromatic heterocycles. The summed E-state index contributed by atoms with van der Waals surface area (Å²) in [6.45, 7) is 2.20. The molecule has 2 aromatic carbocycles. The van der Waals surface area contributed by atoms with Gasteiger partial charge < -0.3 is 9.30 Å². The van der Waals surface area contributed by atoms with Crippen LogP contribution in [0.25, 0.3) is 16.7 Å². The summed E-state index contributed by atoms with van der Waals surface area (Å²) in [5.74, 6) is 1.36. The standard InChI is InChI=1S/C27H26F3N3O3S/c1-37(34,35)24-7-8-25-20(16-24)10-15-33(25)26-9-6-23(17-31-26)36-22-11-13-32(14-12-22)18-19-2-4-21(5-3-19)27(28,29)30/h2-10,15-17,22H,11-14,18H2,1H3. The molecule has 1 aliphatic heterocycles. The van der Waals surface area contributed by atoms with Gasteiger partial charge in [-0.3, -0.25) is 4.90 Å². The average Bonchev–Trinajstić information content (AvgIpc) is 3.28. The number of hydrogen-bond acceptors (Lipinski definition) is 5. The summed E-state index contributed by atoms with van der Waals surface area (Å²) in [4.78, 5) is 7.03. The number of halogens is 3. The maximum atomic E-state index is 12.8. The molecule has 0 saturated carbocycles. The van der Waals surface area contributed by atoms with Crippen LogP contribution in [0.15, 0.2) is 78.0 Å². The average molecular weight is 530 g/mol. The van der Waals surface area contributed by atoms with Gasteiger partial charge >= 0.3 is 6.18 Å². The highest BCUT2D eigenvalue weighted by Gasteiger charge is 2.30. The van der Waals surface area contributed by atoms with E-state index in [2.05, 4.69) is 9.88 Å². The Morgan fingerprint density at radius 1 is 1.00 bits per heavy atom. The van der Waals surface area contributed by atoms with E-state index in [1.807, 2.05) is 29.0 Å². The Bertz CT molecular complexity index is 1490. The predicted molar refractivity (Wildman–Crippen MR) is 135 cm³/mol. The molecule has 194 valence electrons. The molecular formula is C27H26F3N3O3S. The third-order valence-corrected chi connectivity index (χ3v) is 7.69. The maximum absolute atomic E-state index is 12.8. The SMILES string of the molecule is CS(=O)(=O)c1ccc2c(ccn2-c2ccc(OC3CCN(Cc4ccc(C(F)(F)F)cc4)CC3)cn2)c1. The number of ether oxygens (including phenoxy) is 1. The zero-order valence-electron chi connectivity index (χ0n) is 20.1. The van der Waals surface area contributed by atoms with E-state index >= 15 is 0 Å². The van der Waals surface area contributed by atoms with Crippen LogP contribution >= 0.6 is 0 Å². The van der Waals surface area contributed by atoms with Crippen molar-refractivity contribution in [3.63, 3.8) is 0 Å². The van der Waals surface area contributed by atoms with Crippen LogP contribution < -0.4 is 4.74 Å². The summed E-state index contributed by atoms with van der Waals surface area (Å²) in [7, 11) is -3.28. The van der Waals surface area contributed by atoms with Crippen LogP contribution in [0.1, 0.15) is 24.0 Å². The molecule has 0 amide bonds. The predicted octanol–water partition coefficient (Wildman–Crippen LogP) is 5.49. The fourth-order valence-electron chi connectivity index (χ4n) is 4.57. The number of benzene rings is 2. The summed E-state index contributed by atoms with van der Waals surface area (Å²) in [5.41, 5.74) is 1.08. The molecule has 1 fully saturated rings. The number of likely N-dealkylation sites (tertiary alicyclic amines) is 1. The van der Waals surface area contributed by atoms with E-state index in [0.717, 1.165) is 54.5 Å². The zero-order valence-corrected chi connectivity index (χ0v) is 21.0. The van der Waals surface area contributed by atoms with E-state index in [9.17, 15) is 21.6 Å². The summed E-state index contributed by atoms with van der Waals surface area (Å²) >= 11 is 0. The number of hydrogen-bond donors (Lipinski definition) is 0. The molecule has 0 radical (unpaired) electrons. The fourth-order valence-corrected chi connectivity index (χ4v) is 5.23. The minimum Gasteiger partial charge on any atom is -0.489 e. The van der Waals surface area contributed by atoms with Crippen LogP contribution in [-0.4, -0.2) is 48.3 Å². The lowest BCUT2D eigenvalue weighted by atomic mass is 10.1. The first-order chi connectivity index (χ1) is 17.6. The number of alkyl halides is 3. The molecule has 5 rings (SSSR count). The molecule has 0 N–H and O–H groups in total. The van der Waals surface area contributed by atoms with E-state index < -0.39 is 21.6 Å². The van der Waals surface area contributed by atoms with E-state index in [-0.39, 0.29) is 11.0 Å². The monoisotopic (exact) mass is 529 g/mol. The van der Waals surface area contributed by atoms with Gasteiger partial charge in [-0.2, -0.15) is 13.2 Å². The third kappa shape index (κ3) is 5.80. The van der Waals surface area contributed by atoms with Crippen molar-refractivity contribution in [1.82, 2.24) is 14.5 Å². The molecule has 0 spiro atoms. The quantitative estimate of drug-likeness (QED) is 0.331. The Morgan fingerprint density at radius 2 is 1.73 bits per heavy atom. The Kier molecular flexibility index (Phi) is 6.72. The molecule has 0 unspecified atom stereocenters. The highest BCUT2D eigenvalue weighted by atomic mass is 32.2. The summed E-state index contributed by atoms with van der Waals surface area (Å²) in [6.07, 6.45) is 2.07. The van der Waals surface area contributed by atoms with Crippen LogP contribution in [0.4, 0.5) is 13.2 Å². The summed E-state index contributed by atoms with van der Waals surface area (Å²) in [5, 5.41) is 0.813. The molecular weight excluding hydrogens is 503 g/mol. The van der Waals surface area contributed by atoms with Gasteiger partial charge in [-0.1, -0.05) is 12.1 Å². The van der Waals surface area contributed by atoms with Crippen molar-refractivity contribution in [3.05, 3.63) is 84.2 Å². The van der Waals surface area contributed by atoms with Crippen molar-refractivity contribution < 1.29 is 26.3 Å². The van der Waals surface area contributed by atoms with E-state index in [4.69, 9.17) is 4.74 Å². The Balaban J connectivity index is 1.17. The van der Waals surface area contributed by atoms with Crippen molar-refractivity contribution in [3.8, 4) is 11.6 Å².